The highest BCUT2D eigenvalue weighted by atomic mass is 79.9. The zero-order chi connectivity index (χ0) is 26.0. The lowest BCUT2D eigenvalue weighted by Gasteiger charge is -2.26. The number of methoxy groups -OCH3 is 1. The van der Waals surface area contributed by atoms with Gasteiger partial charge in [-0.15, -0.1) is 0 Å². The number of barbiturate groups is 1. The zero-order valence-electron chi connectivity index (χ0n) is 18.4. The van der Waals surface area contributed by atoms with Gasteiger partial charge in [0, 0.05) is 10.0 Å². The molecular weight excluding hydrogens is 603 g/mol. The Labute approximate surface area is 220 Å². The van der Waals surface area contributed by atoms with Crippen molar-refractivity contribution in [2.75, 3.05) is 12.0 Å². The summed E-state index contributed by atoms with van der Waals surface area (Å²) in [6.07, 6.45) is 1.16. The van der Waals surface area contributed by atoms with Crippen LogP contribution in [-0.2, 0) is 9.59 Å². The fourth-order valence-corrected chi connectivity index (χ4v) is 4.68. The third-order valence-electron chi connectivity index (χ3n) is 5.05. The normalized spacial score (nSPS) is 14.6. The predicted molar refractivity (Wildman–Crippen MR) is 135 cm³/mol. The SMILES string of the molecule is COc1ccc(C(=O)Oc2c(Br)cc(Br)cc2/C=C2/C(=O)NC(=O)N(c3ccccc3F)C2=O)cc1. The second-order valence-corrected chi connectivity index (χ2v) is 9.10. The van der Waals surface area contributed by atoms with Crippen LogP contribution in [0.1, 0.15) is 15.9 Å². The van der Waals surface area contributed by atoms with Gasteiger partial charge in [-0.25, -0.2) is 18.9 Å². The molecule has 1 aliphatic heterocycles. The number of hydrogen-bond acceptors (Lipinski definition) is 6. The molecule has 36 heavy (non-hydrogen) atoms. The van der Waals surface area contributed by atoms with Gasteiger partial charge in [0.05, 0.1) is 22.8 Å². The summed E-state index contributed by atoms with van der Waals surface area (Å²) >= 11 is 6.65. The van der Waals surface area contributed by atoms with Crippen LogP contribution in [0.3, 0.4) is 0 Å². The number of benzene rings is 3. The van der Waals surface area contributed by atoms with E-state index in [9.17, 15) is 23.6 Å². The fraction of sp³-hybridized carbons (Fsp3) is 0.0400. The van der Waals surface area contributed by atoms with Crippen molar-refractivity contribution >= 4 is 67.4 Å². The fourth-order valence-electron chi connectivity index (χ4n) is 3.34. The molecule has 0 saturated carbocycles. The van der Waals surface area contributed by atoms with Crippen molar-refractivity contribution in [3.63, 3.8) is 0 Å². The van der Waals surface area contributed by atoms with E-state index in [1.54, 1.807) is 18.2 Å². The van der Waals surface area contributed by atoms with Crippen LogP contribution >= 0.6 is 31.9 Å². The minimum atomic E-state index is -1.09. The molecule has 4 rings (SSSR count). The van der Waals surface area contributed by atoms with E-state index in [1.807, 2.05) is 5.32 Å². The number of carbonyl (C=O) groups excluding carboxylic acids is 4. The summed E-state index contributed by atoms with van der Waals surface area (Å²) in [4.78, 5) is 51.4. The molecule has 8 nitrogen and oxygen atoms in total. The first-order valence-electron chi connectivity index (χ1n) is 10.2. The number of hydrogen-bond donors (Lipinski definition) is 1. The maximum atomic E-state index is 14.3. The molecule has 3 aromatic carbocycles. The number of nitrogens with one attached hydrogen (secondary N) is 1. The molecule has 1 heterocycles. The molecule has 0 aromatic heterocycles. The molecular formula is C25H15Br2FN2O6. The predicted octanol–water partition coefficient (Wildman–Crippen LogP) is 5.24. The van der Waals surface area contributed by atoms with E-state index in [2.05, 4.69) is 31.9 Å². The Balaban J connectivity index is 1.74. The van der Waals surface area contributed by atoms with Crippen molar-refractivity contribution in [1.82, 2.24) is 5.32 Å². The van der Waals surface area contributed by atoms with Crippen molar-refractivity contribution in [3.8, 4) is 11.5 Å². The maximum Gasteiger partial charge on any atom is 0.343 e. The Hall–Kier alpha value is -3.83. The summed E-state index contributed by atoms with van der Waals surface area (Å²) < 4.78 is 25.9. The van der Waals surface area contributed by atoms with Gasteiger partial charge >= 0.3 is 12.0 Å². The van der Waals surface area contributed by atoms with Crippen LogP contribution in [0.5, 0.6) is 11.5 Å². The number of halogens is 3. The number of carbonyl (C=O) groups is 4. The van der Waals surface area contributed by atoms with Gasteiger partial charge in [0.25, 0.3) is 11.8 Å². The van der Waals surface area contributed by atoms with Crippen LogP contribution in [0, 0.1) is 5.82 Å². The van der Waals surface area contributed by atoms with Crippen LogP contribution in [0.15, 0.2) is 75.2 Å². The lowest BCUT2D eigenvalue weighted by Crippen LogP contribution is -2.54. The van der Waals surface area contributed by atoms with E-state index in [0.717, 1.165) is 12.1 Å². The van der Waals surface area contributed by atoms with Crippen LogP contribution in [0.4, 0.5) is 14.9 Å². The van der Waals surface area contributed by atoms with Crippen LogP contribution in [-0.4, -0.2) is 30.9 Å². The van der Waals surface area contributed by atoms with Crippen LogP contribution < -0.4 is 19.7 Å². The molecule has 11 heteroatoms. The highest BCUT2D eigenvalue weighted by Crippen LogP contribution is 2.36. The Morgan fingerprint density at radius 3 is 2.39 bits per heavy atom. The van der Waals surface area contributed by atoms with Gasteiger partial charge in [0.1, 0.15) is 17.1 Å². The largest absolute Gasteiger partial charge is 0.497 e. The molecule has 1 saturated heterocycles. The van der Waals surface area contributed by atoms with Gasteiger partial charge in [-0.2, -0.15) is 0 Å². The monoisotopic (exact) mass is 616 g/mol. The topological polar surface area (TPSA) is 102 Å². The van der Waals surface area contributed by atoms with Crippen LogP contribution in [0.25, 0.3) is 6.08 Å². The number of anilines is 1. The molecule has 182 valence electrons. The summed E-state index contributed by atoms with van der Waals surface area (Å²) in [6, 6.07) is 13.4. The van der Waals surface area contributed by atoms with E-state index >= 15 is 0 Å². The third-order valence-corrected chi connectivity index (χ3v) is 6.10. The standard InChI is InChI=1S/C25H15Br2FN2O6/c1-35-16-8-6-13(7-9-16)24(33)36-21-14(10-15(26)12-18(21)27)11-17-22(31)29-25(34)30(23(17)32)20-5-3-2-4-19(20)28/h2-12H,1H3,(H,29,31,34)/b17-11-. The van der Waals surface area contributed by atoms with Crippen molar-refractivity contribution in [1.29, 1.82) is 0 Å². The van der Waals surface area contributed by atoms with Gasteiger partial charge in [0.2, 0.25) is 0 Å². The lowest BCUT2D eigenvalue weighted by molar-refractivity contribution is -0.122. The molecule has 0 radical (unpaired) electrons. The Morgan fingerprint density at radius 1 is 1.03 bits per heavy atom. The van der Waals surface area contributed by atoms with E-state index in [1.165, 1.54) is 43.5 Å². The average molecular weight is 618 g/mol. The first kappa shape index (κ1) is 25.3. The summed E-state index contributed by atoms with van der Waals surface area (Å²) in [5.74, 6) is -2.99. The minimum Gasteiger partial charge on any atom is -0.497 e. The van der Waals surface area contributed by atoms with Gasteiger partial charge in [-0.3, -0.25) is 14.9 Å². The quantitative estimate of drug-likeness (QED) is 0.182. The molecule has 0 aliphatic carbocycles. The first-order valence-corrected chi connectivity index (χ1v) is 11.8. The van der Waals surface area contributed by atoms with Crippen LogP contribution in [0.2, 0.25) is 0 Å². The van der Waals surface area contributed by atoms with Crippen molar-refractivity contribution in [2.24, 2.45) is 0 Å². The Bertz CT molecular complexity index is 1440. The molecule has 1 fully saturated rings. The number of imide groups is 2. The smallest absolute Gasteiger partial charge is 0.343 e. The summed E-state index contributed by atoms with van der Waals surface area (Å²) in [7, 11) is 1.50. The number of amides is 4. The number of para-hydroxylation sites is 1. The average Bonchev–Trinajstić information content (AvgIpc) is 2.84. The lowest BCUT2D eigenvalue weighted by atomic mass is 10.1. The molecule has 0 unspecified atom stereocenters. The summed E-state index contributed by atoms with van der Waals surface area (Å²) in [5.41, 5.74) is -0.393. The van der Waals surface area contributed by atoms with Gasteiger partial charge in [-0.05, 0) is 70.5 Å². The van der Waals surface area contributed by atoms with E-state index in [4.69, 9.17) is 9.47 Å². The summed E-state index contributed by atoms with van der Waals surface area (Å²) in [6.45, 7) is 0. The molecule has 3 aromatic rings. The highest BCUT2D eigenvalue weighted by Gasteiger charge is 2.38. The van der Waals surface area contributed by atoms with Gasteiger partial charge in [-0.1, -0.05) is 28.1 Å². The molecule has 0 spiro atoms. The Morgan fingerprint density at radius 2 is 1.72 bits per heavy atom. The second kappa shape index (κ2) is 10.4. The van der Waals surface area contributed by atoms with E-state index in [0.29, 0.717) is 19.6 Å². The number of ether oxygens (including phenoxy) is 2. The number of rotatable bonds is 5. The zero-order valence-corrected chi connectivity index (χ0v) is 21.6. The Kier molecular flexibility index (Phi) is 7.32. The highest BCUT2D eigenvalue weighted by molar-refractivity contribution is 9.11. The molecule has 0 bridgehead atoms. The molecule has 4 amide bonds. The van der Waals surface area contributed by atoms with Crippen molar-refractivity contribution in [3.05, 3.63) is 92.1 Å². The third kappa shape index (κ3) is 5.07. The molecule has 0 atom stereocenters. The minimum absolute atomic E-state index is 0.0152. The second-order valence-electron chi connectivity index (χ2n) is 7.33. The van der Waals surface area contributed by atoms with E-state index < -0.39 is 35.2 Å². The first-order chi connectivity index (χ1) is 17.2. The number of nitrogens with zero attached hydrogens (tertiary/aromatic N) is 1. The summed E-state index contributed by atoms with van der Waals surface area (Å²) in [5, 5.41) is 2.03. The van der Waals surface area contributed by atoms with E-state index in [-0.39, 0.29) is 22.6 Å². The van der Waals surface area contributed by atoms with Gasteiger partial charge < -0.3 is 9.47 Å². The number of urea groups is 1. The van der Waals surface area contributed by atoms with Crippen molar-refractivity contribution in [2.45, 2.75) is 0 Å². The molecule has 1 aliphatic rings. The number of esters is 1. The maximum absolute atomic E-state index is 14.3. The van der Waals surface area contributed by atoms with Gasteiger partial charge in [0.15, 0.2) is 5.75 Å². The molecule has 1 N–H and O–H groups in total. The van der Waals surface area contributed by atoms with Crippen molar-refractivity contribution < 1.29 is 33.0 Å².